The summed E-state index contributed by atoms with van der Waals surface area (Å²) in [6.07, 6.45) is 3.01. The van der Waals surface area contributed by atoms with E-state index in [9.17, 15) is 13.2 Å². The summed E-state index contributed by atoms with van der Waals surface area (Å²) in [5, 5.41) is 5.83. The van der Waals surface area contributed by atoms with Crippen LogP contribution in [-0.2, 0) is 10.0 Å². The van der Waals surface area contributed by atoms with E-state index in [1.54, 1.807) is 18.6 Å². The minimum absolute atomic E-state index is 0.0794. The number of fused-ring (bicyclic) bond motifs is 1. The van der Waals surface area contributed by atoms with Gasteiger partial charge in [-0.1, -0.05) is 12.2 Å². The van der Waals surface area contributed by atoms with Crippen LogP contribution >= 0.6 is 11.3 Å². The van der Waals surface area contributed by atoms with Crippen LogP contribution in [0.15, 0.2) is 88.5 Å². The van der Waals surface area contributed by atoms with Crippen LogP contribution in [0.4, 0.5) is 5.13 Å². The van der Waals surface area contributed by atoms with Crippen molar-refractivity contribution in [1.29, 1.82) is 0 Å². The van der Waals surface area contributed by atoms with Crippen LogP contribution in [-0.4, -0.2) is 43.8 Å². The minimum atomic E-state index is -3.74. The molecule has 0 atom stereocenters. The summed E-state index contributed by atoms with van der Waals surface area (Å²) < 4.78 is 38.0. The normalized spacial score (nSPS) is 11.5. The number of methoxy groups -OCH3 is 1. The first-order chi connectivity index (χ1) is 16.8. The Morgan fingerprint density at radius 2 is 1.86 bits per heavy atom. The third-order valence-electron chi connectivity index (χ3n) is 5.12. The Kier molecular flexibility index (Phi) is 7.15. The topological polar surface area (TPSA) is 102 Å². The lowest BCUT2D eigenvalue weighted by Gasteiger charge is -2.19. The van der Waals surface area contributed by atoms with E-state index in [1.807, 2.05) is 18.2 Å². The summed E-state index contributed by atoms with van der Waals surface area (Å²) in [5.41, 5.74) is 1.56. The molecule has 0 saturated heterocycles. The van der Waals surface area contributed by atoms with Gasteiger partial charge in [0.25, 0.3) is 5.91 Å². The summed E-state index contributed by atoms with van der Waals surface area (Å²) in [6, 6.07) is 13.1. The molecule has 2 heterocycles. The molecule has 0 aliphatic heterocycles. The molecule has 4 rings (SSSR count). The molecule has 0 spiro atoms. The number of sulfonamides is 1. The number of hydrogen-bond acceptors (Lipinski definition) is 7. The number of anilines is 1. The van der Waals surface area contributed by atoms with Crippen molar-refractivity contribution < 1.29 is 22.4 Å². The van der Waals surface area contributed by atoms with Crippen LogP contribution < -0.4 is 10.1 Å². The number of benzene rings is 2. The Hall–Kier alpha value is -3.73. The fraction of sp³-hybridized carbons (Fsp3) is 0.120. The van der Waals surface area contributed by atoms with Crippen molar-refractivity contribution in [2.75, 3.05) is 25.5 Å². The maximum absolute atomic E-state index is 12.8. The van der Waals surface area contributed by atoms with Crippen molar-refractivity contribution in [3.8, 4) is 17.2 Å². The highest BCUT2D eigenvalue weighted by Crippen LogP contribution is 2.32. The third kappa shape index (κ3) is 5.19. The van der Waals surface area contributed by atoms with E-state index >= 15 is 0 Å². The number of amides is 1. The molecule has 0 radical (unpaired) electrons. The standard InChI is InChI=1S/C25H23N3O5S2/c1-4-12-28(13-5-2)35(30,31)20-10-7-17(8-11-20)24(29)27-25-26-21(16-34-25)23-14-18-6-9-19(32-3)15-22(18)33-23/h4-11,14-16H,1-2,12-13H2,3H3,(H,26,27,29). The number of nitrogens with one attached hydrogen (secondary N) is 1. The summed E-state index contributed by atoms with van der Waals surface area (Å²) >= 11 is 1.26. The Bertz CT molecular complexity index is 1480. The monoisotopic (exact) mass is 509 g/mol. The maximum Gasteiger partial charge on any atom is 0.257 e. The predicted molar refractivity (Wildman–Crippen MR) is 137 cm³/mol. The summed E-state index contributed by atoms with van der Waals surface area (Å²) in [6.45, 7) is 7.50. The van der Waals surface area contributed by atoms with Crippen LogP contribution in [0.5, 0.6) is 5.75 Å². The molecule has 1 N–H and O–H groups in total. The molecule has 0 bridgehead atoms. The zero-order valence-electron chi connectivity index (χ0n) is 18.9. The number of hydrogen-bond donors (Lipinski definition) is 1. The van der Waals surface area contributed by atoms with Crippen molar-refractivity contribution in [3.05, 3.63) is 84.8 Å². The molecule has 0 unspecified atom stereocenters. The lowest BCUT2D eigenvalue weighted by molar-refractivity contribution is 0.102. The number of ether oxygens (including phenoxy) is 1. The lowest BCUT2D eigenvalue weighted by atomic mass is 10.2. The fourth-order valence-electron chi connectivity index (χ4n) is 3.36. The smallest absolute Gasteiger partial charge is 0.257 e. The third-order valence-corrected chi connectivity index (χ3v) is 7.73. The summed E-state index contributed by atoms with van der Waals surface area (Å²) in [5.74, 6) is 0.860. The molecule has 1 amide bonds. The molecule has 10 heteroatoms. The maximum atomic E-state index is 12.8. The fourth-order valence-corrected chi connectivity index (χ4v) is 5.44. The number of carbonyl (C=O) groups is 1. The van der Waals surface area contributed by atoms with Gasteiger partial charge in [-0.05, 0) is 42.5 Å². The average molecular weight is 510 g/mol. The predicted octanol–water partition coefficient (Wildman–Crippen LogP) is 5.18. The highest BCUT2D eigenvalue weighted by molar-refractivity contribution is 7.89. The van der Waals surface area contributed by atoms with E-state index in [-0.39, 0.29) is 18.0 Å². The molecule has 0 aliphatic carbocycles. The summed E-state index contributed by atoms with van der Waals surface area (Å²) in [7, 11) is -2.15. The van der Waals surface area contributed by atoms with Crippen molar-refractivity contribution in [1.82, 2.24) is 9.29 Å². The van der Waals surface area contributed by atoms with Gasteiger partial charge in [-0.2, -0.15) is 4.31 Å². The van der Waals surface area contributed by atoms with Crippen molar-refractivity contribution in [3.63, 3.8) is 0 Å². The molecule has 0 saturated carbocycles. The Balaban J connectivity index is 1.48. The lowest BCUT2D eigenvalue weighted by Crippen LogP contribution is -2.31. The number of thiazole rings is 1. The van der Waals surface area contributed by atoms with E-state index in [0.717, 1.165) is 5.39 Å². The van der Waals surface area contributed by atoms with Crippen molar-refractivity contribution >= 4 is 43.4 Å². The van der Waals surface area contributed by atoms with E-state index in [1.165, 1.54) is 52.1 Å². The van der Waals surface area contributed by atoms with E-state index in [0.29, 0.717) is 33.5 Å². The van der Waals surface area contributed by atoms with Gasteiger partial charge in [-0.3, -0.25) is 10.1 Å². The second kappa shape index (κ2) is 10.3. The second-order valence-corrected chi connectivity index (χ2v) is 10.2. The molecular weight excluding hydrogens is 486 g/mol. The number of aromatic nitrogens is 1. The van der Waals surface area contributed by atoms with Crippen LogP contribution in [0.2, 0.25) is 0 Å². The van der Waals surface area contributed by atoms with Crippen LogP contribution in [0, 0.1) is 0 Å². The van der Waals surface area contributed by atoms with E-state index in [4.69, 9.17) is 9.15 Å². The molecule has 2 aromatic carbocycles. The Labute approximate surface area is 207 Å². The SMILES string of the molecule is C=CCN(CC=C)S(=O)(=O)c1ccc(C(=O)Nc2nc(-c3cc4ccc(OC)cc4o3)cs2)cc1. The zero-order valence-corrected chi connectivity index (χ0v) is 20.6. The largest absolute Gasteiger partial charge is 0.497 e. The number of rotatable bonds is 10. The highest BCUT2D eigenvalue weighted by Gasteiger charge is 2.23. The van der Waals surface area contributed by atoms with Crippen LogP contribution in [0.3, 0.4) is 0 Å². The number of carbonyl (C=O) groups excluding carboxylic acids is 1. The zero-order chi connectivity index (χ0) is 25.0. The molecule has 4 aromatic rings. The number of nitrogens with zero attached hydrogens (tertiary/aromatic N) is 2. The molecule has 180 valence electrons. The van der Waals surface area contributed by atoms with Crippen molar-refractivity contribution in [2.24, 2.45) is 0 Å². The Morgan fingerprint density at radius 1 is 1.14 bits per heavy atom. The first-order valence-corrected chi connectivity index (χ1v) is 12.8. The van der Waals surface area contributed by atoms with Gasteiger partial charge >= 0.3 is 0 Å². The van der Waals surface area contributed by atoms with Crippen LogP contribution in [0.25, 0.3) is 22.4 Å². The Morgan fingerprint density at radius 3 is 2.51 bits per heavy atom. The molecule has 35 heavy (non-hydrogen) atoms. The van der Waals surface area contributed by atoms with E-state index in [2.05, 4.69) is 23.5 Å². The molecule has 0 fully saturated rings. The van der Waals surface area contributed by atoms with Gasteiger partial charge in [0.2, 0.25) is 10.0 Å². The van der Waals surface area contributed by atoms with Crippen molar-refractivity contribution in [2.45, 2.75) is 4.90 Å². The molecule has 8 nitrogen and oxygen atoms in total. The summed E-state index contributed by atoms with van der Waals surface area (Å²) in [4.78, 5) is 17.2. The van der Waals surface area contributed by atoms with Gasteiger partial charge < -0.3 is 9.15 Å². The van der Waals surface area contributed by atoms with Crippen LogP contribution in [0.1, 0.15) is 10.4 Å². The van der Waals surface area contributed by atoms with E-state index < -0.39 is 15.9 Å². The van der Waals surface area contributed by atoms with Gasteiger partial charge in [-0.15, -0.1) is 24.5 Å². The molecular formula is C25H23N3O5S2. The van der Waals surface area contributed by atoms with Gasteiger partial charge in [0.05, 0.1) is 12.0 Å². The molecule has 0 aliphatic rings. The minimum Gasteiger partial charge on any atom is -0.497 e. The number of furan rings is 1. The van der Waals surface area contributed by atoms with Gasteiger partial charge in [0.1, 0.15) is 17.0 Å². The second-order valence-electron chi connectivity index (χ2n) is 7.43. The molecule has 2 aromatic heterocycles. The highest BCUT2D eigenvalue weighted by atomic mass is 32.2. The van der Waals surface area contributed by atoms with Gasteiger partial charge in [0.15, 0.2) is 10.9 Å². The average Bonchev–Trinajstić information content (AvgIpc) is 3.50. The quantitative estimate of drug-likeness (QED) is 0.296. The first kappa shape index (κ1) is 24.4. The van der Waals surface area contributed by atoms with Gasteiger partial charge in [0, 0.05) is 35.5 Å². The first-order valence-electron chi connectivity index (χ1n) is 10.5. The van der Waals surface area contributed by atoms with Gasteiger partial charge in [-0.25, -0.2) is 13.4 Å².